The lowest BCUT2D eigenvalue weighted by Gasteiger charge is -2.10. The summed E-state index contributed by atoms with van der Waals surface area (Å²) in [6.45, 7) is 5.78. The second-order valence-corrected chi connectivity index (χ2v) is 5.04. The Morgan fingerprint density at radius 2 is 1.89 bits per heavy atom. The molecule has 18 heavy (non-hydrogen) atoms. The zero-order chi connectivity index (χ0) is 13.4. The molecule has 0 spiro atoms. The number of nitrogens with zero attached hydrogens (tertiary/aromatic N) is 3. The molecule has 1 heterocycles. The molecule has 0 aliphatic rings. The molecular formula is C11H21N5OS. The fourth-order valence-corrected chi connectivity index (χ4v) is 1.62. The summed E-state index contributed by atoms with van der Waals surface area (Å²) < 4.78 is 5.04. The normalized spacial score (nSPS) is 12.0. The molecule has 0 amide bonds. The van der Waals surface area contributed by atoms with Crippen LogP contribution in [0.5, 0.6) is 6.01 Å². The lowest BCUT2D eigenvalue weighted by atomic mass is 10.3. The van der Waals surface area contributed by atoms with Crippen molar-refractivity contribution in [3.05, 3.63) is 0 Å². The second kappa shape index (κ2) is 7.97. The lowest BCUT2D eigenvalue weighted by Crippen LogP contribution is -2.13. The van der Waals surface area contributed by atoms with E-state index in [1.54, 1.807) is 7.11 Å². The first-order valence-corrected chi connectivity index (χ1v) is 7.29. The molecule has 0 radical (unpaired) electrons. The van der Waals surface area contributed by atoms with Crippen LogP contribution in [0.15, 0.2) is 0 Å². The molecule has 0 aliphatic heterocycles. The quantitative estimate of drug-likeness (QED) is 0.747. The van der Waals surface area contributed by atoms with Crippen molar-refractivity contribution in [3.63, 3.8) is 0 Å². The molecular weight excluding hydrogens is 250 g/mol. The Morgan fingerprint density at radius 1 is 1.22 bits per heavy atom. The van der Waals surface area contributed by atoms with E-state index in [9.17, 15) is 0 Å². The molecule has 7 heteroatoms. The maximum atomic E-state index is 5.04. The highest BCUT2D eigenvalue weighted by atomic mass is 32.2. The number of ether oxygens (including phenoxy) is 1. The summed E-state index contributed by atoms with van der Waals surface area (Å²) in [6.07, 6.45) is 3.17. The minimum Gasteiger partial charge on any atom is -0.467 e. The molecule has 0 fully saturated rings. The van der Waals surface area contributed by atoms with Gasteiger partial charge in [0.15, 0.2) is 0 Å². The van der Waals surface area contributed by atoms with Gasteiger partial charge in [-0.05, 0) is 19.6 Å². The predicted octanol–water partition coefficient (Wildman–Crippen LogP) is 1.87. The zero-order valence-corrected chi connectivity index (χ0v) is 12.2. The van der Waals surface area contributed by atoms with Gasteiger partial charge in [-0.1, -0.05) is 6.92 Å². The van der Waals surface area contributed by atoms with Crippen LogP contribution in [0.1, 0.15) is 20.3 Å². The number of hydrogen-bond acceptors (Lipinski definition) is 7. The topological polar surface area (TPSA) is 72.0 Å². The molecule has 102 valence electrons. The van der Waals surface area contributed by atoms with Gasteiger partial charge in [0.05, 0.1) is 7.11 Å². The Hall–Kier alpha value is -1.24. The van der Waals surface area contributed by atoms with Gasteiger partial charge in [0.1, 0.15) is 0 Å². The largest absolute Gasteiger partial charge is 0.467 e. The van der Waals surface area contributed by atoms with Crippen LogP contribution in [0.2, 0.25) is 0 Å². The highest BCUT2D eigenvalue weighted by molar-refractivity contribution is 7.99. The highest BCUT2D eigenvalue weighted by Gasteiger charge is 2.06. The van der Waals surface area contributed by atoms with Crippen LogP contribution in [0.4, 0.5) is 11.9 Å². The van der Waals surface area contributed by atoms with Crippen LogP contribution in [0.25, 0.3) is 0 Å². The summed E-state index contributed by atoms with van der Waals surface area (Å²) in [5.74, 6) is 1.08. The maximum absolute atomic E-state index is 5.04. The Labute approximate surface area is 112 Å². The van der Waals surface area contributed by atoms with Crippen LogP contribution in [0.3, 0.4) is 0 Å². The first-order valence-electron chi connectivity index (χ1n) is 6.00. The molecule has 1 atom stereocenters. The van der Waals surface area contributed by atoms with Crippen molar-refractivity contribution in [2.75, 3.05) is 37.1 Å². The third-order valence-corrected chi connectivity index (χ3v) is 3.41. The first-order chi connectivity index (χ1) is 8.69. The van der Waals surface area contributed by atoms with E-state index in [4.69, 9.17) is 4.74 Å². The lowest BCUT2D eigenvalue weighted by molar-refractivity contribution is 0.379. The van der Waals surface area contributed by atoms with Crippen molar-refractivity contribution in [1.82, 2.24) is 15.0 Å². The van der Waals surface area contributed by atoms with Gasteiger partial charge in [-0.2, -0.15) is 26.7 Å². The van der Waals surface area contributed by atoms with Gasteiger partial charge in [-0.3, -0.25) is 0 Å². The van der Waals surface area contributed by atoms with Gasteiger partial charge in [-0.15, -0.1) is 0 Å². The fraction of sp³-hybridized carbons (Fsp3) is 0.727. The number of hydrogen-bond donors (Lipinski definition) is 2. The maximum Gasteiger partial charge on any atom is 0.322 e. The standard InChI is InChI=1S/C11H21N5OS/c1-5-12-9-14-10(16-11(15-9)17-3)13-7-6-8(2)18-4/h8H,5-7H2,1-4H3,(H2,12,13,14,15,16). The number of methoxy groups -OCH3 is 1. The molecule has 6 nitrogen and oxygen atoms in total. The van der Waals surface area contributed by atoms with E-state index in [2.05, 4.69) is 38.8 Å². The summed E-state index contributed by atoms with van der Waals surface area (Å²) in [7, 11) is 1.55. The summed E-state index contributed by atoms with van der Waals surface area (Å²) >= 11 is 1.85. The van der Waals surface area contributed by atoms with Gasteiger partial charge in [0.2, 0.25) is 11.9 Å². The van der Waals surface area contributed by atoms with Crippen LogP contribution >= 0.6 is 11.8 Å². The molecule has 1 aromatic rings. The SMILES string of the molecule is CCNc1nc(NCCC(C)SC)nc(OC)n1. The molecule has 0 aliphatic carbocycles. The molecule has 1 rings (SSSR count). The summed E-state index contributed by atoms with van der Waals surface area (Å²) in [6, 6.07) is 0.321. The number of rotatable bonds is 8. The highest BCUT2D eigenvalue weighted by Crippen LogP contribution is 2.12. The Bertz CT molecular complexity index is 363. The molecule has 0 saturated carbocycles. The Morgan fingerprint density at radius 3 is 2.44 bits per heavy atom. The minimum absolute atomic E-state index is 0.321. The van der Waals surface area contributed by atoms with Crippen molar-refractivity contribution >= 4 is 23.7 Å². The van der Waals surface area contributed by atoms with Gasteiger partial charge in [0, 0.05) is 18.3 Å². The van der Waals surface area contributed by atoms with Crippen LogP contribution in [-0.2, 0) is 0 Å². The molecule has 1 aromatic heterocycles. The predicted molar refractivity (Wildman–Crippen MR) is 76.6 cm³/mol. The van der Waals surface area contributed by atoms with E-state index in [-0.39, 0.29) is 0 Å². The van der Waals surface area contributed by atoms with Crippen molar-refractivity contribution in [1.29, 1.82) is 0 Å². The van der Waals surface area contributed by atoms with E-state index >= 15 is 0 Å². The van der Waals surface area contributed by atoms with Crippen molar-refractivity contribution in [2.24, 2.45) is 0 Å². The average molecular weight is 271 g/mol. The molecule has 0 saturated heterocycles. The van der Waals surface area contributed by atoms with Crippen LogP contribution in [-0.4, -0.2) is 46.7 Å². The smallest absolute Gasteiger partial charge is 0.322 e. The van der Waals surface area contributed by atoms with E-state index in [1.165, 1.54) is 0 Å². The van der Waals surface area contributed by atoms with Gasteiger partial charge in [0.25, 0.3) is 0 Å². The van der Waals surface area contributed by atoms with Crippen LogP contribution < -0.4 is 15.4 Å². The third-order valence-electron chi connectivity index (χ3n) is 2.37. The van der Waals surface area contributed by atoms with Gasteiger partial charge in [-0.25, -0.2) is 0 Å². The van der Waals surface area contributed by atoms with E-state index in [0.717, 1.165) is 19.5 Å². The van der Waals surface area contributed by atoms with Gasteiger partial charge >= 0.3 is 6.01 Å². The molecule has 0 aromatic carbocycles. The number of aromatic nitrogens is 3. The Kier molecular flexibility index (Phi) is 6.56. The fourth-order valence-electron chi connectivity index (χ4n) is 1.27. The minimum atomic E-state index is 0.321. The summed E-state index contributed by atoms with van der Waals surface area (Å²) in [5.41, 5.74) is 0. The number of thioether (sulfide) groups is 1. The molecule has 1 unspecified atom stereocenters. The van der Waals surface area contributed by atoms with E-state index < -0.39 is 0 Å². The second-order valence-electron chi connectivity index (χ2n) is 3.76. The number of anilines is 2. The first kappa shape index (κ1) is 14.8. The number of nitrogens with one attached hydrogen (secondary N) is 2. The van der Waals surface area contributed by atoms with E-state index in [0.29, 0.717) is 23.2 Å². The zero-order valence-electron chi connectivity index (χ0n) is 11.4. The van der Waals surface area contributed by atoms with Crippen molar-refractivity contribution in [2.45, 2.75) is 25.5 Å². The summed E-state index contributed by atoms with van der Waals surface area (Å²) in [4.78, 5) is 12.5. The van der Waals surface area contributed by atoms with Crippen molar-refractivity contribution in [3.8, 4) is 6.01 Å². The van der Waals surface area contributed by atoms with Crippen LogP contribution in [0, 0.1) is 0 Å². The monoisotopic (exact) mass is 271 g/mol. The van der Waals surface area contributed by atoms with Gasteiger partial charge < -0.3 is 15.4 Å². The van der Waals surface area contributed by atoms with Crippen molar-refractivity contribution < 1.29 is 4.74 Å². The molecule has 0 bridgehead atoms. The summed E-state index contributed by atoms with van der Waals surface area (Å²) in [5, 5.41) is 6.85. The van der Waals surface area contributed by atoms with E-state index in [1.807, 2.05) is 18.7 Å². The third kappa shape index (κ3) is 4.95. The Balaban J connectivity index is 2.60. The molecule has 2 N–H and O–H groups in total. The average Bonchev–Trinajstić information content (AvgIpc) is 2.38.